The molecule has 78 valence electrons. The van der Waals surface area contributed by atoms with Crippen LogP contribution in [0.15, 0.2) is 4.99 Å². The van der Waals surface area contributed by atoms with Crippen LogP contribution < -0.4 is 0 Å². The molecule has 0 aliphatic carbocycles. The molecular formula is C12H25N. The lowest BCUT2D eigenvalue weighted by Crippen LogP contribution is -2.19. The van der Waals surface area contributed by atoms with E-state index < -0.39 is 0 Å². The first-order chi connectivity index (χ1) is 5.74. The van der Waals surface area contributed by atoms with Crippen LogP contribution in [0.25, 0.3) is 0 Å². The van der Waals surface area contributed by atoms with Gasteiger partial charge >= 0.3 is 0 Å². The number of rotatable bonds is 3. The maximum Gasteiger partial charge on any atom is 0.0437 e. The molecule has 0 atom stereocenters. The van der Waals surface area contributed by atoms with Crippen molar-refractivity contribution in [3.05, 3.63) is 0 Å². The van der Waals surface area contributed by atoms with Crippen LogP contribution in [0.2, 0.25) is 0 Å². The van der Waals surface area contributed by atoms with Gasteiger partial charge in [0.15, 0.2) is 0 Å². The van der Waals surface area contributed by atoms with Crippen molar-refractivity contribution in [2.45, 2.75) is 48.5 Å². The van der Waals surface area contributed by atoms with Crippen molar-refractivity contribution in [1.82, 2.24) is 0 Å². The van der Waals surface area contributed by atoms with Crippen LogP contribution in [-0.4, -0.2) is 12.3 Å². The van der Waals surface area contributed by atoms with E-state index in [1.54, 1.807) is 0 Å². The van der Waals surface area contributed by atoms with Crippen molar-refractivity contribution in [3.8, 4) is 0 Å². The third-order valence-electron chi connectivity index (χ3n) is 1.92. The second kappa shape index (κ2) is 4.78. The highest BCUT2D eigenvalue weighted by Crippen LogP contribution is 2.15. The fourth-order valence-electron chi connectivity index (χ4n) is 1.36. The van der Waals surface area contributed by atoms with Gasteiger partial charge in [-0.2, -0.15) is 0 Å². The molecule has 0 amide bonds. The molecule has 13 heavy (non-hydrogen) atoms. The average molecular weight is 183 g/mol. The second-order valence-corrected chi connectivity index (χ2v) is 5.61. The molecule has 0 bridgehead atoms. The lowest BCUT2D eigenvalue weighted by molar-refractivity contribution is 0.427. The Hall–Kier alpha value is -0.330. The topological polar surface area (TPSA) is 12.4 Å². The normalized spacial score (nSPS) is 12.4. The summed E-state index contributed by atoms with van der Waals surface area (Å²) in [6, 6.07) is 0. The van der Waals surface area contributed by atoms with Gasteiger partial charge in [0.25, 0.3) is 0 Å². The van der Waals surface area contributed by atoms with E-state index in [1.165, 1.54) is 5.71 Å². The van der Waals surface area contributed by atoms with E-state index in [2.05, 4.69) is 48.5 Å². The summed E-state index contributed by atoms with van der Waals surface area (Å²) >= 11 is 0. The fourth-order valence-corrected chi connectivity index (χ4v) is 1.36. The highest BCUT2D eigenvalue weighted by atomic mass is 14.8. The molecule has 1 heteroatoms. The van der Waals surface area contributed by atoms with Crippen LogP contribution in [0.5, 0.6) is 0 Å². The zero-order chi connectivity index (χ0) is 10.6. The molecule has 0 aromatic heterocycles. The van der Waals surface area contributed by atoms with E-state index in [0.29, 0.717) is 17.3 Å². The molecule has 0 N–H and O–H groups in total. The summed E-state index contributed by atoms with van der Waals surface area (Å²) in [7, 11) is 0. The minimum Gasteiger partial charge on any atom is -0.293 e. The number of aliphatic imine (C=N–C) groups is 1. The predicted molar refractivity (Wildman–Crippen MR) is 61.4 cm³/mol. The summed E-state index contributed by atoms with van der Waals surface area (Å²) in [5.74, 6) is 1.17. The quantitative estimate of drug-likeness (QED) is 0.590. The Kier molecular flexibility index (Phi) is 4.66. The van der Waals surface area contributed by atoms with Gasteiger partial charge in [0, 0.05) is 12.3 Å². The van der Waals surface area contributed by atoms with Gasteiger partial charge in [0.2, 0.25) is 0 Å². The number of nitrogens with zero attached hydrogens (tertiary/aromatic N) is 1. The molecule has 0 rings (SSSR count). The zero-order valence-corrected chi connectivity index (χ0v) is 10.3. The Labute approximate surface area is 83.6 Å². The van der Waals surface area contributed by atoms with Gasteiger partial charge in [0.1, 0.15) is 0 Å². The number of hydrogen-bond acceptors (Lipinski definition) is 1. The predicted octanol–water partition coefficient (Wildman–Crippen LogP) is 3.79. The Morgan fingerprint density at radius 3 is 1.62 bits per heavy atom. The largest absolute Gasteiger partial charge is 0.293 e. The first kappa shape index (κ1) is 12.7. The molecule has 0 heterocycles. The summed E-state index contributed by atoms with van der Waals surface area (Å²) in [5.41, 5.74) is 1.67. The third kappa shape index (κ3) is 5.84. The van der Waals surface area contributed by atoms with Crippen molar-refractivity contribution in [3.63, 3.8) is 0 Å². The van der Waals surface area contributed by atoms with E-state index in [9.17, 15) is 0 Å². The van der Waals surface area contributed by atoms with Crippen molar-refractivity contribution in [2.75, 3.05) is 6.54 Å². The van der Waals surface area contributed by atoms with E-state index in [-0.39, 0.29) is 0 Å². The van der Waals surface area contributed by atoms with E-state index in [4.69, 9.17) is 4.99 Å². The SMILES string of the molecule is CC(C)C(=NCC(C)(C)C)C(C)C. The van der Waals surface area contributed by atoms with Crippen molar-refractivity contribution in [2.24, 2.45) is 22.2 Å². The van der Waals surface area contributed by atoms with Gasteiger partial charge in [-0.05, 0) is 17.3 Å². The Morgan fingerprint density at radius 2 is 1.38 bits per heavy atom. The molecule has 0 radical (unpaired) electrons. The Morgan fingerprint density at radius 1 is 1.00 bits per heavy atom. The number of hydrogen-bond donors (Lipinski definition) is 0. The van der Waals surface area contributed by atoms with E-state index in [0.717, 1.165) is 6.54 Å². The molecule has 0 saturated heterocycles. The highest BCUT2D eigenvalue weighted by Gasteiger charge is 2.13. The van der Waals surface area contributed by atoms with Gasteiger partial charge in [-0.15, -0.1) is 0 Å². The summed E-state index contributed by atoms with van der Waals surface area (Å²) < 4.78 is 0. The average Bonchev–Trinajstić information content (AvgIpc) is 1.82. The van der Waals surface area contributed by atoms with Crippen LogP contribution in [0.1, 0.15) is 48.5 Å². The second-order valence-electron chi connectivity index (χ2n) is 5.61. The molecule has 0 fully saturated rings. The highest BCUT2D eigenvalue weighted by molar-refractivity contribution is 5.87. The van der Waals surface area contributed by atoms with E-state index >= 15 is 0 Å². The van der Waals surface area contributed by atoms with Crippen LogP contribution in [0.3, 0.4) is 0 Å². The molecule has 1 nitrogen and oxygen atoms in total. The molecule has 0 aliphatic heterocycles. The Balaban J connectivity index is 4.38. The van der Waals surface area contributed by atoms with Crippen molar-refractivity contribution >= 4 is 5.71 Å². The van der Waals surface area contributed by atoms with Crippen LogP contribution in [0, 0.1) is 17.3 Å². The van der Waals surface area contributed by atoms with Crippen LogP contribution >= 0.6 is 0 Å². The monoisotopic (exact) mass is 183 g/mol. The van der Waals surface area contributed by atoms with E-state index in [1.807, 2.05) is 0 Å². The summed E-state index contributed by atoms with van der Waals surface area (Å²) in [4.78, 5) is 4.71. The zero-order valence-electron chi connectivity index (χ0n) is 10.3. The van der Waals surface area contributed by atoms with Crippen molar-refractivity contribution in [1.29, 1.82) is 0 Å². The minimum absolute atomic E-state index is 0.315. The summed E-state index contributed by atoms with van der Waals surface area (Å²) in [5, 5.41) is 0. The molecule has 0 saturated carbocycles. The maximum atomic E-state index is 4.71. The molecule has 0 aromatic rings. The molecule has 0 spiro atoms. The van der Waals surface area contributed by atoms with Crippen LogP contribution in [0.4, 0.5) is 0 Å². The van der Waals surface area contributed by atoms with Gasteiger partial charge in [-0.25, -0.2) is 0 Å². The maximum absolute atomic E-state index is 4.71. The minimum atomic E-state index is 0.315. The molecular weight excluding hydrogens is 158 g/mol. The smallest absolute Gasteiger partial charge is 0.0437 e. The Bertz CT molecular complexity index is 160. The van der Waals surface area contributed by atoms with Gasteiger partial charge in [-0.1, -0.05) is 48.5 Å². The molecule has 0 unspecified atom stereocenters. The summed E-state index contributed by atoms with van der Waals surface area (Å²) in [6.07, 6.45) is 0. The van der Waals surface area contributed by atoms with Gasteiger partial charge in [-0.3, -0.25) is 4.99 Å². The lowest BCUT2D eigenvalue weighted by atomic mass is 9.94. The third-order valence-corrected chi connectivity index (χ3v) is 1.92. The first-order valence-electron chi connectivity index (χ1n) is 5.28. The first-order valence-corrected chi connectivity index (χ1v) is 5.28. The van der Waals surface area contributed by atoms with Crippen LogP contribution in [-0.2, 0) is 0 Å². The lowest BCUT2D eigenvalue weighted by Gasteiger charge is -2.19. The fraction of sp³-hybridized carbons (Fsp3) is 0.917. The van der Waals surface area contributed by atoms with Crippen molar-refractivity contribution < 1.29 is 0 Å². The molecule has 0 aromatic carbocycles. The molecule has 0 aliphatic rings. The van der Waals surface area contributed by atoms with Gasteiger partial charge in [0.05, 0.1) is 0 Å². The standard InChI is InChI=1S/C12H25N/c1-9(2)11(10(3)4)13-8-12(5,6)7/h9-10H,8H2,1-7H3. The summed E-state index contributed by atoms with van der Waals surface area (Å²) in [6.45, 7) is 16.5. The van der Waals surface area contributed by atoms with Gasteiger partial charge < -0.3 is 0 Å².